The van der Waals surface area contributed by atoms with E-state index in [2.05, 4.69) is 37.5 Å². The third kappa shape index (κ3) is 6.15. The number of nitrogens with one attached hydrogen (secondary N) is 1. The maximum Gasteiger partial charge on any atom is 0.490 e. The highest BCUT2D eigenvalue weighted by Gasteiger charge is 2.38. The van der Waals surface area contributed by atoms with Gasteiger partial charge < -0.3 is 15.0 Å². The molecule has 0 aliphatic rings. The zero-order valence-corrected chi connectivity index (χ0v) is 17.7. The fourth-order valence-corrected chi connectivity index (χ4v) is 2.93. The number of anilines is 1. The van der Waals surface area contributed by atoms with Crippen molar-refractivity contribution in [2.45, 2.75) is 19.6 Å². The van der Waals surface area contributed by atoms with Gasteiger partial charge in [-0.2, -0.15) is 18.3 Å². The van der Waals surface area contributed by atoms with Crippen LogP contribution in [0.25, 0.3) is 16.9 Å². The Morgan fingerprint density at radius 2 is 1.91 bits per heavy atom. The highest BCUT2D eigenvalue weighted by molar-refractivity contribution is 5.73. The number of carboxylic acid groups (broad SMARTS) is 1. The average Bonchev–Trinajstić information content (AvgIpc) is 3.42. The number of aryl methyl sites for hydroxylation is 2. The molecule has 3 aromatic heterocycles. The van der Waals surface area contributed by atoms with E-state index >= 15 is 0 Å². The van der Waals surface area contributed by atoms with Crippen LogP contribution < -0.4 is 5.32 Å². The summed E-state index contributed by atoms with van der Waals surface area (Å²) in [5, 5.41) is 14.8. The van der Waals surface area contributed by atoms with E-state index in [9.17, 15) is 13.2 Å². The van der Waals surface area contributed by atoms with E-state index in [4.69, 9.17) is 9.90 Å². The minimum atomic E-state index is -5.08. The van der Waals surface area contributed by atoms with Crippen molar-refractivity contribution in [3.8, 4) is 16.9 Å². The third-order valence-electron chi connectivity index (χ3n) is 4.40. The monoisotopic (exact) mass is 459 g/mol. The fourth-order valence-electron chi connectivity index (χ4n) is 2.93. The summed E-state index contributed by atoms with van der Waals surface area (Å²) >= 11 is 0. The van der Waals surface area contributed by atoms with Gasteiger partial charge in [0.25, 0.3) is 0 Å². The SMILES string of the molecule is Cc1nn(C)cc1-c1ccnc(NCc2ccccc2-n2ccnc2)n1.O=C(O)C(F)(F)F. The minimum Gasteiger partial charge on any atom is -0.475 e. The number of para-hydroxylation sites is 1. The first-order chi connectivity index (χ1) is 15.6. The molecule has 0 amide bonds. The Morgan fingerprint density at radius 1 is 1.18 bits per heavy atom. The van der Waals surface area contributed by atoms with Crippen molar-refractivity contribution < 1.29 is 23.1 Å². The van der Waals surface area contributed by atoms with Gasteiger partial charge in [0, 0.05) is 43.9 Å². The van der Waals surface area contributed by atoms with Gasteiger partial charge in [-0.3, -0.25) is 4.68 Å². The second-order valence-corrected chi connectivity index (χ2v) is 6.82. The van der Waals surface area contributed by atoms with Gasteiger partial charge in [0.1, 0.15) is 0 Å². The molecule has 0 saturated heterocycles. The van der Waals surface area contributed by atoms with Crippen LogP contribution in [0.3, 0.4) is 0 Å². The number of rotatable bonds is 5. The first kappa shape index (κ1) is 23.4. The van der Waals surface area contributed by atoms with E-state index in [1.807, 2.05) is 49.1 Å². The van der Waals surface area contributed by atoms with Crippen molar-refractivity contribution in [3.05, 3.63) is 72.7 Å². The Balaban J connectivity index is 0.000000383. The zero-order valence-electron chi connectivity index (χ0n) is 17.7. The summed E-state index contributed by atoms with van der Waals surface area (Å²) in [6, 6.07) is 10.1. The number of imidazole rings is 1. The quantitative estimate of drug-likeness (QED) is 0.469. The average molecular weight is 459 g/mol. The second kappa shape index (κ2) is 9.94. The van der Waals surface area contributed by atoms with Gasteiger partial charge in [-0.15, -0.1) is 0 Å². The predicted molar refractivity (Wildman–Crippen MR) is 114 cm³/mol. The summed E-state index contributed by atoms with van der Waals surface area (Å²) in [5.41, 5.74) is 5.03. The highest BCUT2D eigenvalue weighted by Crippen LogP contribution is 2.21. The first-order valence-electron chi connectivity index (χ1n) is 9.59. The molecule has 4 rings (SSSR count). The number of hydrogen-bond acceptors (Lipinski definition) is 6. The molecule has 4 aromatic rings. The standard InChI is InChI=1S/C19H19N7.C2HF3O2/c1-14-16(12-25(2)24-14)17-7-8-21-19(23-17)22-11-15-5-3-4-6-18(15)26-10-9-20-13-26;3-2(4,5)1(6)7/h3-10,12-13H,11H2,1-2H3,(H,21,22,23);(H,6,7). The Labute approximate surface area is 186 Å². The van der Waals surface area contributed by atoms with Gasteiger partial charge in [0.2, 0.25) is 5.95 Å². The third-order valence-corrected chi connectivity index (χ3v) is 4.40. The summed E-state index contributed by atoms with van der Waals surface area (Å²) in [7, 11) is 1.91. The fraction of sp³-hybridized carbons (Fsp3) is 0.190. The van der Waals surface area contributed by atoms with Crippen molar-refractivity contribution in [3.63, 3.8) is 0 Å². The highest BCUT2D eigenvalue weighted by atomic mass is 19.4. The van der Waals surface area contributed by atoms with Crippen LogP contribution in [0.15, 0.2) is 61.4 Å². The lowest BCUT2D eigenvalue weighted by Crippen LogP contribution is -2.21. The molecule has 0 atom stereocenters. The number of halogens is 3. The second-order valence-electron chi connectivity index (χ2n) is 6.82. The lowest BCUT2D eigenvalue weighted by Gasteiger charge is -2.11. The van der Waals surface area contributed by atoms with Crippen LogP contribution in [-0.2, 0) is 18.4 Å². The van der Waals surface area contributed by atoms with Crippen LogP contribution in [0.5, 0.6) is 0 Å². The molecule has 0 aliphatic heterocycles. The maximum atomic E-state index is 10.6. The van der Waals surface area contributed by atoms with E-state index in [-0.39, 0.29) is 0 Å². The molecule has 0 aliphatic carbocycles. The Hall–Kier alpha value is -4.22. The van der Waals surface area contributed by atoms with Gasteiger partial charge in [0.15, 0.2) is 0 Å². The van der Waals surface area contributed by atoms with Crippen LogP contribution in [-0.4, -0.2) is 46.6 Å². The molecule has 3 heterocycles. The summed E-state index contributed by atoms with van der Waals surface area (Å²) in [5.74, 6) is -2.17. The summed E-state index contributed by atoms with van der Waals surface area (Å²) < 4.78 is 35.5. The first-order valence-corrected chi connectivity index (χ1v) is 9.59. The molecule has 0 saturated carbocycles. The van der Waals surface area contributed by atoms with Crippen molar-refractivity contribution >= 4 is 11.9 Å². The van der Waals surface area contributed by atoms with E-state index in [0.29, 0.717) is 12.5 Å². The van der Waals surface area contributed by atoms with Gasteiger partial charge in [-0.1, -0.05) is 18.2 Å². The Bertz CT molecular complexity index is 1220. The van der Waals surface area contributed by atoms with Crippen LogP contribution in [0.1, 0.15) is 11.3 Å². The number of aromatic nitrogens is 6. The van der Waals surface area contributed by atoms with Crippen molar-refractivity contribution in [1.29, 1.82) is 0 Å². The number of benzene rings is 1. The normalized spacial score (nSPS) is 10.9. The number of hydrogen-bond donors (Lipinski definition) is 2. The van der Waals surface area contributed by atoms with Crippen molar-refractivity contribution in [2.75, 3.05) is 5.32 Å². The number of nitrogens with zero attached hydrogens (tertiary/aromatic N) is 6. The lowest BCUT2D eigenvalue weighted by atomic mass is 10.1. The molecular weight excluding hydrogens is 439 g/mol. The van der Waals surface area contributed by atoms with Crippen LogP contribution in [0, 0.1) is 6.92 Å². The van der Waals surface area contributed by atoms with Gasteiger partial charge in [-0.05, 0) is 24.6 Å². The van der Waals surface area contributed by atoms with E-state index in [1.54, 1.807) is 23.4 Å². The number of carbonyl (C=O) groups is 1. The smallest absolute Gasteiger partial charge is 0.475 e. The van der Waals surface area contributed by atoms with Gasteiger partial charge in [0.05, 0.1) is 23.4 Å². The van der Waals surface area contributed by atoms with E-state index < -0.39 is 12.1 Å². The van der Waals surface area contributed by atoms with Crippen molar-refractivity contribution in [1.82, 2.24) is 29.3 Å². The molecule has 0 radical (unpaired) electrons. The zero-order chi connectivity index (χ0) is 24.0. The predicted octanol–water partition coefficient (Wildman–Crippen LogP) is 3.62. The molecule has 1 aromatic carbocycles. The number of aliphatic carboxylic acids is 1. The van der Waals surface area contributed by atoms with Gasteiger partial charge in [-0.25, -0.2) is 19.7 Å². The molecular formula is C21H20F3N7O2. The van der Waals surface area contributed by atoms with Crippen LogP contribution in [0.4, 0.5) is 19.1 Å². The maximum absolute atomic E-state index is 10.6. The molecule has 0 spiro atoms. The van der Waals surface area contributed by atoms with Gasteiger partial charge >= 0.3 is 12.1 Å². The minimum absolute atomic E-state index is 0.589. The number of carboxylic acids is 1. The Kier molecular flexibility index (Phi) is 7.06. The molecule has 0 fully saturated rings. The molecule has 0 unspecified atom stereocenters. The van der Waals surface area contributed by atoms with Crippen molar-refractivity contribution in [2.24, 2.45) is 7.05 Å². The Morgan fingerprint density at radius 3 is 2.52 bits per heavy atom. The summed E-state index contributed by atoms with van der Waals surface area (Å²) in [4.78, 5) is 22.0. The van der Waals surface area contributed by atoms with E-state index in [1.165, 1.54) is 0 Å². The molecule has 0 bridgehead atoms. The molecule has 33 heavy (non-hydrogen) atoms. The van der Waals surface area contributed by atoms with Crippen LogP contribution in [0.2, 0.25) is 0 Å². The van der Waals surface area contributed by atoms with Crippen LogP contribution >= 0.6 is 0 Å². The summed E-state index contributed by atoms with van der Waals surface area (Å²) in [6.45, 7) is 2.59. The number of alkyl halides is 3. The molecule has 172 valence electrons. The molecule has 2 N–H and O–H groups in total. The van der Waals surface area contributed by atoms with E-state index in [0.717, 1.165) is 28.2 Å². The molecule has 9 nitrogen and oxygen atoms in total. The summed E-state index contributed by atoms with van der Waals surface area (Å²) in [6.07, 6.45) is 4.14. The lowest BCUT2D eigenvalue weighted by molar-refractivity contribution is -0.192. The topological polar surface area (TPSA) is 111 Å². The molecule has 12 heteroatoms. The largest absolute Gasteiger partial charge is 0.490 e.